The summed E-state index contributed by atoms with van der Waals surface area (Å²) in [5.74, 6) is -0.260. The minimum absolute atomic E-state index is 0.260. The van der Waals surface area contributed by atoms with E-state index in [1.54, 1.807) is 16.8 Å². The molecule has 1 heterocycles. The van der Waals surface area contributed by atoms with Gasteiger partial charge < -0.3 is 5.73 Å². The summed E-state index contributed by atoms with van der Waals surface area (Å²) in [7, 11) is 0. The predicted octanol–water partition coefficient (Wildman–Crippen LogP) is 3.45. The fourth-order valence-corrected chi connectivity index (χ4v) is 2.24. The first-order valence-electron chi connectivity index (χ1n) is 6.79. The molecule has 3 rings (SSSR count). The highest BCUT2D eigenvalue weighted by Crippen LogP contribution is 2.23. The van der Waals surface area contributed by atoms with Crippen LogP contribution in [0.25, 0.3) is 16.9 Å². The number of nitrogens with zero attached hydrogens (tertiary/aromatic N) is 2. The Balaban J connectivity index is 2.05. The van der Waals surface area contributed by atoms with Gasteiger partial charge in [0.05, 0.1) is 11.4 Å². The van der Waals surface area contributed by atoms with E-state index in [1.807, 2.05) is 37.4 Å². The van der Waals surface area contributed by atoms with Gasteiger partial charge in [0, 0.05) is 23.9 Å². The molecule has 2 aromatic carbocycles. The summed E-state index contributed by atoms with van der Waals surface area (Å²) in [4.78, 5) is 0. The van der Waals surface area contributed by atoms with E-state index in [2.05, 4.69) is 5.10 Å². The standard InChI is InChI=1S/C17H16FN3/c1-12-2-4-13(5-3-12)17-14(10-19)11-21(20-17)16-8-6-15(18)7-9-16/h2-9,11H,10,19H2,1H3. The second-order valence-electron chi connectivity index (χ2n) is 4.99. The Hall–Kier alpha value is -2.46. The van der Waals surface area contributed by atoms with Crippen LogP contribution in [0, 0.1) is 12.7 Å². The third-order valence-electron chi connectivity index (χ3n) is 3.43. The molecule has 4 heteroatoms. The second kappa shape index (κ2) is 5.50. The summed E-state index contributed by atoms with van der Waals surface area (Å²) in [5, 5.41) is 4.60. The van der Waals surface area contributed by atoms with E-state index in [9.17, 15) is 4.39 Å². The zero-order valence-corrected chi connectivity index (χ0v) is 11.8. The molecule has 0 saturated heterocycles. The Morgan fingerprint density at radius 1 is 1.05 bits per heavy atom. The molecule has 3 nitrogen and oxygen atoms in total. The average molecular weight is 281 g/mol. The van der Waals surface area contributed by atoms with Crippen LogP contribution in [0.15, 0.2) is 54.7 Å². The van der Waals surface area contributed by atoms with Crippen LogP contribution in [0.1, 0.15) is 11.1 Å². The molecule has 0 aliphatic heterocycles. The van der Waals surface area contributed by atoms with Crippen molar-refractivity contribution in [3.8, 4) is 16.9 Å². The molecule has 0 aliphatic carbocycles. The first-order chi connectivity index (χ1) is 10.2. The first-order valence-corrected chi connectivity index (χ1v) is 6.79. The van der Waals surface area contributed by atoms with Gasteiger partial charge in [-0.25, -0.2) is 9.07 Å². The fourth-order valence-electron chi connectivity index (χ4n) is 2.24. The van der Waals surface area contributed by atoms with Gasteiger partial charge in [0.2, 0.25) is 0 Å². The quantitative estimate of drug-likeness (QED) is 0.799. The average Bonchev–Trinajstić information content (AvgIpc) is 2.93. The third kappa shape index (κ3) is 2.71. The van der Waals surface area contributed by atoms with Gasteiger partial charge in [0.1, 0.15) is 5.82 Å². The number of aryl methyl sites for hydroxylation is 1. The fraction of sp³-hybridized carbons (Fsp3) is 0.118. The molecule has 0 radical (unpaired) electrons. The highest BCUT2D eigenvalue weighted by molar-refractivity contribution is 5.63. The Labute approximate surface area is 122 Å². The van der Waals surface area contributed by atoms with Gasteiger partial charge in [-0.05, 0) is 31.2 Å². The molecule has 0 saturated carbocycles. The van der Waals surface area contributed by atoms with Crippen LogP contribution in [-0.4, -0.2) is 9.78 Å². The maximum atomic E-state index is 13.0. The SMILES string of the molecule is Cc1ccc(-c2nn(-c3ccc(F)cc3)cc2CN)cc1. The molecule has 1 aromatic heterocycles. The van der Waals surface area contributed by atoms with E-state index in [0.717, 1.165) is 22.5 Å². The Morgan fingerprint density at radius 3 is 2.33 bits per heavy atom. The second-order valence-corrected chi connectivity index (χ2v) is 4.99. The molecule has 0 spiro atoms. The summed E-state index contributed by atoms with van der Waals surface area (Å²) in [6, 6.07) is 14.4. The zero-order valence-electron chi connectivity index (χ0n) is 11.8. The summed E-state index contributed by atoms with van der Waals surface area (Å²) >= 11 is 0. The topological polar surface area (TPSA) is 43.8 Å². The van der Waals surface area contributed by atoms with E-state index in [4.69, 9.17) is 5.73 Å². The zero-order chi connectivity index (χ0) is 14.8. The molecule has 0 aliphatic rings. The van der Waals surface area contributed by atoms with Crippen molar-refractivity contribution in [3.05, 3.63) is 71.7 Å². The lowest BCUT2D eigenvalue weighted by atomic mass is 10.1. The number of nitrogens with two attached hydrogens (primary N) is 1. The van der Waals surface area contributed by atoms with E-state index < -0.39 is 0 Å². The molecule has 0 unspecified atom stereocenters. The lowest BCUT2D eigenvalue weighted by molar-refractivity contribution is 0.627. The van der Waals surface area contributed by atoms with Crippen molar-refractivity contribution in [1.29, 1.82) is 0 Å². The molecule has 106 valence electrons. The van der Waals surface area contributed by atoms with Crippen molar-refractivity contribution < 1.29 is 4.39 Å². The van der Waals surface area contributed by atoms with Crippen LogP contribution in [0.2, 0.25) is 0 Å². The number of aromatic nitrogens is 2. The van der Waals surface area contributed by atoms with E-state index >= 15 is 0 Å². The van der Waals surface area contributed by atoms with Crippen molar-refractivity contribution in [2.24, 2.45) is 5.73 Å². The molecule has 21 heavy (non-hydrogen) atoms. The van der Waals surface area contributed by atoms with Crippen LogP contribution in [0.4, 0.5) is 4.39 Å². The van der Waals surface area contributed by atoms with Gasteiger partial charge in [0.25, 0.3) is 0 Å². The van der Waals surface area contributed by atoms with Crippen molar-refractivity contribution >= 4 is 0 Å². The lowest BCUT2D eigenvalue weighted by Gasteiger charge is -2.01. The van der Waals surface area contributed by atoms with Gasteiger partial charge in [0.15, 0.2) is 0 Å². The number of rotatable bonds is 3. The molecule has 0 fully saturated rings. The molecule has 2 N–H and O–H groups in total. The van der Waals surface area contributed by atoms with Crippen molar-refractivity contribution in [2.75, 3.05) is 0 Å². The Morgan fingerprint density at radius 2 is 1.71 bits per heavy atom. The maximum absolute atomic E-state index is 13.0. The molecule has 0 amide bonds. The van der Waals surface area contributed by atoms with Crippen molar-refractivity contribution in [3.63, 3.8) is 0 Å². The van der Waals surface area contributed by atoms with Crippen LogP contribution >= 0.6 is 0 Å². The normalized spacial score (nSPS) is 10.8. The molecular weight excluding hydrogens is 265 g/mol. The number of benzene rings is 2. The van der Waals surface area contributed by atoms with Gasteiger partial charge in [-0.3, -0.25) is 0 Å². The lowest BCUT2D eigenvalue weighted by Crippen LogP contribution is -1.96. The monoisotopic (exact) mass is 281 g/mol. The maximum Gasteiger partial charge on any atom is 0.123 e. The first kappa shape index (κ1) is 13.5. The summed E-state index contributed by atoms with van der Waals surface area (Å²) < 4.78 is 14.7. The van der Waals surface area contributed by atoms with Crippen molar-refractivity contribution in [1.82, 2.24) is 9.78 Å². The predicted molar refractivity (Wildman–Crippen MR) is 81.6 cm³/mol. The van der Waals surface area contributed by atoms with Gasteiger partial charge in [-0.1, -0.05) is 29.8 Å². The number of hydrogen-bond acceptors (Lipinski definition) is 2. The van der Waals surface area contributed by atoms with Crippen LogP contribution in [-0.2, 0) is 6.54 Å². The van der Waals surface area contributed by atoms with E-state index in [1.165, 1.54) is 17.7 Å². The highest BCUT2D eigenvalue weighted by Gasteiger charge is 2.11. The van der Waals surface area contributed by atoms with Crippen LogP contribution < -0.4 is 5.73 Å². The van der Waals surface area contributed by atoms with Crippen LogP contribution in [0.5, 0.6) is 0 Å². The van der Waals surface area contributed by atoms with Gasteiger partial charge in [-0.2, -0.15) is 5.10 Å². The molecule has 0 bridgehead atoms. The van der Waals surface area contributed by atoms with E-state index in [-0.39, 0.29) is 5.82 Å². The molecular formula is C17H16FN3. The minimum Gasteiger partial charge on any atom is -0.326 e. The Kier molecular flexibility index (Phi) is 3.54. The van der Waals surface area contributed by atoms with Crippen LogP contribution in [0.3, 0.4) is 0 Å². The number of hydrogen-bond donors (Lipinski definition) is 1. The van der Waals surface area contributed by atoms with Gasteiger partial charge in [-0.15, -0.1) is 0 Å². The minimum atomic E-state index is -0.260. The number of halogens is 1. The molecule has 0 atom stereocenters. The Bertz CT molecular complexity index is 743. The summed E-state index contributed by atoms with van der Waals surface area (Å²) in [6.45, 7) is 2.45. The third-order valence-corrected chi connectivity index (χ3v) is 3.43. The smallest absolute Gasteiger partial charge is 0.123 e. The van der Waals surface area contributed by atoms with Gasteiger partial charge >= 0.3 is 0 Å². The highest BCUT2D eigenvalue weighted by atomic mass is 19.1. The van der Waals surface area contributed by atoms with Crippen molar-refractivity contribution in [2.45, 2.75) is 13.5 Å². The molecule has 3 aromatic rings. The summed E-state index contributed by atoms with van der Waals surface area (Å²) in [6.07, 6.45) is 1.89. The van der Waals surface area contributed by atoms with E-state index in [0.29, 0.717) is 6.54 Å². The largest absolute Gasteiger partial charge is 0.326 e. The summed E-state index contributed by atoms with van der Waals surface area (Å²) in [5.41, 5.74) is 10.7.